The number of nitrogens with zero attached hydrogens (tertiary/aromatic N) is 6. The molecular formula is C37H37N6O12S2+. The minimum Gasteiger partial charge on any atom is -0.467 e. The number of rotatable bonds is 12. The maximum absolute atomic E-state index is 13.8. The molecule has 57 heavy (non-hydrogen) atoms. The van der Waals surface area contributed by atoms with Gasteiger partial charge in [0.25, 0.3) is 17.7 Å². The fourth-order valence-electron chi connectivity index (χ4n) is 7.82. The van der Waals surface area contributed by atoms with Crippen LogP contribution in [0.25, 0.3) is 10.4 Å². The maximum Gasteiger partial charge on any atom is 0.411 e. The minimum atomic E-state index is -0.946. The third-order valence-corrected chi connectivity index (χ3v) is 12.7. The Hall–Kier alpha value is -5.86. The Bertz CT molecular complexity index is 2320. The molecule has 298 valence electrons. The lowest BCUT2D eigenvalue weighted by Gasteiger charge is -2.46. The molecule has 2 amide bonds. The van der Waals surface area contributed by atoms with Gasteiger partial charge in [-0.15, -0.1) is 0 Å². The second-order valence-electron chi connectivity index (χ2n) is 13.9. The Morgan fingerprint density at radius 3 is 2.16 bits per heavy atom. The van der Waals surface area contributed by atoms with Crippen LogP contribution < -0.4 is 4.57 Å². The number of thiazole rings is 1. The van der Waals surface area contributed by atoms with Crippen molar-refractivity contribution in [2.24, 2.45) is 11.8 Å². The number of nitro benzene ring substituents is 2. The van der Waals surface area contributed by atoms with Crippen LogP contribution in [0.15, 0.2) is 71.8 Å². The maximum atomic E-state index is 13.8. The summed E-state index contributed by atoms with van der Waals surface area (Å²) in [6.07, 6.45) is 4.13. The van der Waals surface area contributed by atoms with E-state index in [-0.39, 0.29) is 61.1 Å². The number of carbonyl (C=O) groups is 4. The largest absolute Gasteiger partial charge is 0.467 e. The number of carbonyl (C=O) groups excluding carboxylic acids is 4. The van der Waals surface area contributed by atoms with Gasteiger partial charge >= 0.3 is 18.0 Å². The van der Waals surface area contributed by atoms with Crippen LogP contribution in [-0.2, 0) is 41.8 Å². The number of β-lactam (4-membered cyclic amide) rings is 1. The average molecular weight is 822 g/mol. The zero-order chi connectivity index (χ0) is 40.9. The van der Waals surface area contributed by atoms with Gasteiger partial charge in [-0.1, -0.05) is 30.0 Å². The van der Waals surface area contributed by atoms with Crippen molar-refractivity contribution >= 4 is 68.8 Å². The second kappa shape index (κ2) is 15.6. The molecule has 0 radical (unpaired) electrons. The highest BCUT2D eigenvalue weighted by Crippen LogP contribution is 2.52. The van der Waals surface area contributed by atoms with Gasteiger partial charge in [0.2, 0.25) is 15.8 Å². The molecule has 2 saturated heterocycles. The molecule has 0 saturated carbocycles. The highest BCUT2D eigenvalue weighted by molar-refractivity contribution is 7.98. The summed E-state index contributed by atoms with van der Waals surface area (Å²) in [6, 6.07) is 9.43. The first-order valence-electron chi connectivity index (χ1n) is 17.7. The lowest BCUT2D eigenvalue weighted by molar-refractivity contribution is -0.751. The molecule has 20 heteroatoms. The van der Waals surface area contributed by atoms with Gasteiger partial charge in [0, 0.05) is 42.2 Å². The van der Waals surface area contributed by atoms with Gasteiger partial charge in [0.05, 0.1) is 46.4 Å². The highest BCUT2D eigenvalue weighted by Gasteiger charge is 2.60. The average Bonchev–Trinajstić information content (AvgIpc) is 3.95. The molecule has 2 aromatic carbocycles. The number of non-ortho nitro benzene ring substituents is 2. The van der Waals surface area contributed by atoms with Crippen LogP contribution in [0.5, 0.6) is 0 Å². The molecule has 3 aliphatic heterocycles. The topological polar surface area (TPSA) is 217 Å². The number of esters is 2. The first-order valence-corrected chi connectivity index (χ1v) is 19.8. The lowest BCUT2D eigenvalue weighted by Crippen LogP contribution is -2.63. The van der Waals surface area contributed by atoms with Gasteiger partial charge in [0.1, 0.15) is 37.2 Å². The van der Waals surface area contributed by atoms with Gasteiger partial charge in [0.15, 0.2) is 0 Å². The van der Waals surface area contributed by atoms with Crippen molar-refractivity contribution in [3.63, 3.8) is 0 Å². The molecule has 3 aliphatic rings. The SMILES string of the molecule is COC(=O)[C@@H]1C[C@H]([n+]2cn3cc(C4=C(C(=O)OCc5ccc([N+](=O)[O-])cc5)N5C(=O)[C@H]([C@@H](C)O)[C@H]5[C@H]4C)sc3c2SC)CN1C(=O)OCc1ccc([N+](=O)[O-])cc1. The first-order chi connectivity index (χ1) is 27.2. The number of thioether (sulfide) groups is 1. The summed E-state index contributed by atoms with van der Waals surface area (Å²) < 4.78 is 20.1. The summed E-state index contributed by atoms with van der Waals surface area (Å²) in [5.74, 6) is -2.79. The van der Waals surface area contributed by atoms with E-state index in [4.69, 9.17) is 14.2 Å². The smallest absolute Gasteiger partial charge is 0.411 e. The Morgan fingerprint density at radius 1 is 1.02 bits per heavy atom. The van der Waals surface area contributed by atoms with Crippen molar-refractivity contribution in [1.82, 2.24) is 14.2 Å². The monoisotopic (exact) mass is 821 g/mol. The molecule has 7 rings (SSSR count). The van der Waals surface area contributed by atoms with Crippen LogP contribution in [-0.4, -0.2) is 91.2 Å². The number of methoxy groups -OCH3 is 1. The molecule has 0 aliphatic carbocycles. The number of hydrogen-bond acceptors (Lipinski definition) is 14. The van der Waals surface area contributed by atoms with E-state index in [1.807, 2.05) is 34.7 Å². The molecule has 4 aromatic rings. The molecular weight excluding hydrogens is 785 g/mol. The zero-order valence-corrected chi connectivity index (χ0v) is 32.6. The van der Waals surface area contributed by atoms with Crippen LogP contribution in [0.4, 0.5) is 16.2 Å². The number of aliphatic hydroxyl groups excluding tert-OH is 1. The third-order valence-electron chi connectivity index (χ3n) is 10.6. The molecule has 2 fully saturated rings. The molecule has 6 atom stereocenters. The quantitative estimate of drug-likeness (QED) is 0.0402. The highest BCUT2D eigenvalue weighted by atomic mass is 32.2. The summed E-state index contributed by atoms with van der Waals surface area (Å²) in [4.78, 5) is 78.8. The predicted molar refractivity (Wildman–Crippen MR) is 201 cm³/mol. The molecule has 18 nitrogen and oxygen atoms in total. The van der Waals surface area contributed by atoms with Gasteiger partial charge in [-0.2, -0.15) is 4.40 Å². The lowest BCUT2D eigenvalue weighted by atomic mass is 9.77. The number of amides is 2. The predicted octanol–water partition coefficient (Wildman–Crippen LogP) is 4.26. The summed E-state index contributed by atoms with van der Waals surface area (Å²) in [5.41, 5.74) is 1.52. The normalized spacial score (nSPS) is 22.0. The van der Waals surface area contributed by atoms with Crippen molar-refractivity contribution in [3.05, 3.63) is 103 Å². The summed E-state index contributed by atoms with van der Waals surface area (Å²) in [5, 5.41) is 33.4. The van der Waals surface area contributed by atoms with Gasteiger partial charge in [-0.3, -0.25) is 29.9 Å². The van der Waals surface area contributed by atoms with Crippen LogP contribution in [0, 0.1) is 32.1 Å². The van der Waals surface area contributed by atoms with Crippen molar-refractivity contribution < 1.29 is 52.9 Å². The Kier molecular flexibility index (Phi) is 10.8. The van der Waals surface area contributed by atoms with Crippen molar-refractivity contribution in [3.8, 4) is 0 Å². The summed E-state index contributed by atoms with van der Waals surface area (Å²) >= 11 is 2.84. The minimum absolute atomic E-state index is 0.0824. The summed E-state index contributed by atoms with van der Waals surface area (Å²) in [7, 11) is 1.24. The van der Waals surface area contributed by atoms with E-state index in [0.717, 1.165) is 9.86 Å². The van der Waals surface area contributed by atoms with Crippen molar-refractivity contribution in [2.75, 3.05) is 19.9 Å². The third kappa shape index (κ3) is 7.08. The number of aliphatic hydroxyl groups is 1. The van der Waals surface area contributed by atoms with Crippen LogP contribution in [0.3, 0.4) is 0 Å². The molecule has 0 unspecified atom stereocenters. The first kappa shape index (κ1) is 39.4. The summed E-state index contributed by atoms with van der Waals surface area (Å²) in [6.45, 7) is 3.21. The molecule has 0 bridgehead atoms. The fourth-order valence-corrected chi connectivity index (χ4v) is 10.0. The van der Waals surface area contributed by atoms with Crippen LogP contribution in [0.2, 0.25) is 0 Å². The molecule has 1 N–H and O–H groups in total. The molecule has 0 spiro atoms. The van der Waals surface area contributed by atoms with E-state index < -0.39 is 52.0 Å². The van der Waals surface area contributed by atoms with Crippen molar-refractivity contribution in [1.29, 1.82) is 0 Å². The molecule has 2 aromatic heterocycles. The Labute approximate surface area is 332 Å². The van der Waals surface area contributed by atoms with Crippen LogP contribution >= 0.6 is 23.1 Å². The number of imidazole rings is 1. The number of nitro groups is 2. The number of likely N-dealkylation sites (tertiary alicyclic amines) is 1. The van der Waals surface area contributed by atoms with Crippen LogP contribution in [0.1, 0.15) is 42.3 Å². The Morgan fingerprint density at radius 2 is 1.61 bits per heavy atom. The van der Waals surface area contributed by atoms with E-state index in [9.17, 15) is 44.5 Å². The second-order valence-corrected chi connectivity index (χ2v) is 15.7. The number of aromatic nitrogens is 2. The number of fused-ring (bicyclic) bond motifs is 2. The fraction of sp³-hybridized carbons (Fsp3) is 0.378. The standard InChI is InChI=1S/C37H37N6O12S2/c1-19-28(31(41-30(19)29(20(2)44)32(41)45)36(47)54-16-21-5-9-23(10-6-21)42(49)50)27-15-38-18-40(34(56-4)33(38)57-27)25-13-26(35(46)53-3)39(14-25)37(48)55-17-22-7-11-24(12-8-22)43(51)52/h5-12,15,18-20,25-26,29-30,44H,13-14,16-17H2,1-4H3/q+1/t19-,20+,25-,26-,29+,30+/m0/s1. The van der Waals surface area contributed by atoms with E-state index >= 15 is 0 Å². The van der Waals surface area contributed by atoms with Gasteiger partial charge in [-0.25, -0.2) is 19.0 Å². The molecule has 5 heterocycles. The van der Waals surface area contributed by atoms with E-state index in [2.05, 4.69) is 0 Å². The number of ether oxygens (including phenoxy) is 3. The Balaban J connectivity index is 1.16. The van der Waals surface area contributed by atoms with E-state index in [0.29, 0.717) is 21.6 Å². The number of benzene rings is 2. The van der Waals surface area contributed by atoms with E-state index in [1.54, 1.807) is 6.92 Å². The van der Waals surface area contributed by atoms with E-state index in [1.165, 1.54) is 88.5 Å². The van der Waals surface area contributed by atoms with Gasteiger partial charge < -0.3 is 24.2 Å². The zero-order valence-electron chi connectivity index (χ0n) is 31.0. The number of hydrogen-bond donors (Lipinski definition) is 1. The van der Waals surface area contributed by atoms with Gasteiger partial charge in [-0.05, 0) is 48.6 Å². The van der Waals surface area contributed by atoms with Crippen molar-refractivity contribution in [2.45, 2.75) is 62.7 Å².